The highest BCUT2D eigenvalue weighted by atomic mass is 16.8. The predicted octanol–water partition coefficient (Wildman–Crippen LogP) is 1.85. The second-order valence-electron chi connectivity index (χ2n) is 20.5. The van der Waals surface area contributed by atoms with Gasteiger partial charge in [-0.3, -0.25) is 4.79 Å². The third-order valence-electron chi connectivity index (χ3n) is 17.4. The molecule has 9 N–H and O–H groups in total. The maximum atomic E-state index is 13.1. The van der Waals surface area contributed by atoms with E-state index in [0.29, 0.717) is 19.3 Å². The molecule has 0 aromatic carbocycles. The van der Waals surface area contributed by atoms with Gasteiger partial charge < -0.3 is 64.9 Å². The first-order valence-corrected chi connectivity index (χ1v) is 21.0. The van der Waals surface area contributed by atoms with Crippen LogP contribution in [0.2, 0.25) is 0 Å². The number of hydrogen-bond donors (Lipinski definition) is 9. The summed E-state index contributed by atoms with van der Waals surface area (Å²) < 4.78 is 24.3. The second-order valence-corrected chi connectivity index (χ2v) is 20.5. The highest BCUT2D eigenvalue weighted by Gasteiger charge is 2.70. The fourth-order valence-corrected chi connectivity index (χ4v) is 13.7. The van der Waals surface area contributed by atoms with E-state index in [1.807, 2.05) is 6.92 Å². The van der Waals surface area contributed by atoms with Crippen LogP contribution in [-0.2, 0) is 23.7 Å². The van der Waals surface area contributed by atoms with Crippen molar-refractivity contribution in [1.29, 1.82) is 0 Å². The van der Waals surface area contributed by atoms with Gasteiger partial charge >= 0.3 is 5.97 Å². The Balaban J connectivity index is 1.17. The van der Waals surface area contributed by atoms with Crippen molar-refractivity contribution >= 4 is 5.97 Å². The van der Waals surface area contributed by atoms with Crippen LogP contribution >= 0.6 is 0 Å². The lowest BCUT2D eigenvalue weighted by Crippen LogP contribution is -2.67. The van der Waals surface area contributed by atoms with E-state index in [2.05, 4.69) is 40.7 Å². The van der Waals surface area contributed by atoms with E-state index in [-0.39, 0.29) is 46.0 Å². The zero-order valence-electron chi connectivity index (χ0n) is 33.9. The molecule has 7 unspecified atom stereocenters. The van der Waals surface area contributed by atoms with Crippen molar-refractivity contribution < 1.29 is 69.7 Å². The number of carboxylic acids is 1. The van der Waals surface area contributed by atoms with Gasteiger partial charge in [-0.1, -0.05) is 53.2 Å². The molecule has 320 valence electrons. The Morgan fingerprint density at radius 3 is 1.98 bits per heavy atom. The van der Waals surface area contributed by atoms with Crippen molar-refractivity contribution in [2.45, 2.75) is 173 Å². The normalized spacial score (nSPS) is 54.1. The molecule has 5 aliphatic carbocycles. The van der Waals surface area contributed by atoms with E-state index in [4.69, 9.17) is 18.9 Å². The molecular formula is C42H68O14. The molecule has 14 nitrogen and oxygen atoms in total. The minimum absolute atomic E-state index is 0.00269. The molecule has 0 aromatic rings. The minimum atomic E-state index is -1.79. The Morgan fingerprint density at radius 2 is 1.36 bits per heavy atom. The highest BCUT2D eigenvalue weighted by Crippen LogP contribution is 2.76. The number of hydrogen-bond acceptors (Lipinski definition) is 13. The van der Waals surface area contributed by atoms with Gasteiger partial charge in [0.2, 0.25) is 0 Å². The minimum Gasteiger partial charge on any atom is -0.481 e. The Kier molecular flexibility index (Phi) is 11.3. The lowest BCUT2D eigenvalue weighted by atomic mass is 9.33. The Hall–Kier alpha value is -1.27. The molecule has 4 saturated carbocycles. The van der Waals surface area contributed by atoms with Crippen LogP contribution in [0.5, 0.6) is 0 Å². The molecule has 7 aliphatic rings. The topological polar surface area (TPSA) is 236 Å². The third-order valence-corrected chi connectivity index (χ3v) is 17.4. The Morgan fingerprint density at radius 1 is 0.732 bits per heavy atom. The number of ether oxygens (including phenoxy) is 4. The van der Waals surface area contributed by atoms with Gasteiger partial charge in [-0.25, -0.2) is 0 Å². The number of aliphatic hydroxyl groups is 8. The van der Waals surface area contributed by atoms with Gasteiger partial charge in [0.25, 0.3) is 0 Å². The predicted molar refractivity (Wildman–Crippen MR) is 199 cm³/mol. The molecule has 0 radical (unpaired) electrons. The summed E-state index contributed by atoms with van der Waals surface area (Å²) in [6.07, 6.45) is -6.00. The third kappa shape index (κ3) is 6.21. The summed E-state index contributed by atoms with van der Waals surface area (Å²) in [5, 5.41) is 95.5. The monoisotopic (exact) mass is 796 g/mol. The summed E-state index contributed by atoms with van der Waals surface area (Å²) >= 11 is 0. The molecule has 6 fully saturated rings. The van der Waals surface area contributed by atoms with Crippen molar-refractivity contribution in [3.63, 3.8) is 0 Å². The number of carbonyl (C=O) groups is 1. The zero-order chi connectivity index (χ0) is 41.0. The van der Waals surface area contributed by atoms with Crippen molar-refractivity contribution in [3.05, 3.63) is 11.6 Å². The number of fused-ring (bicyclic) bond motifs is 7. The summed E-state index contributed by atoms with van der Waals surface area (Å²) in [5.41, 5.74) is -0.607. The average molecular weight is 797 g/mol. The Bertz CT molecular complexity index is 1500. The smallest absolute Gasteiger partial charge is 0.310 e. The number of aliphatic hydroxyl groups excluding tert-OH is 8. The quantitative estimate of drug-likeness (QED) is 0.126. The van der Waals surface area contributed by atoms with Crippen LogP contribution in [0.25, 0.3) is 0 Å². The molecule has 14 heteroatoms. The second kappa shape index (κ2) is 14.7. The fraction of sp³-hybridized carbons (Fsp3) is 0.929. The van der Waals surface area contributed by atoms with Crippen molar-refractivity contribution in [1.82, 2.24) is 0 Å². The molecule has 0 bridgehead atoms. The van der Waals surface area contributed by atoms with Crippen LogP contribution in [0, 0.1) is 50.2 Å². The number of rotatable bonds is 8. The molecule has 0 amide bonds. The molecule has 7 rings (SSSR count). The van der Waals surface area contributed by atoms with Gasteiger partial charge in [-0.2, -0.15) is 0 Å². The van der Waals surface area contributed by atoms with Crippen LogP contribution in [0.4, 0.5) is 0 Å². The van der Waals surface area contributed by atoms with Gasteiger partial charge in [0.05, 0.1) is 31.3 Å². The molecule has 2 heterocycles. The molecule has 2 aliphatic heterocycles. The van der Waals surface area contributed by atoms with E-state index in [9.17, 15) is 50.8 Å². The molecule has 0 aromatic heterocycles. The first-order chi connectivity index (χ1) is 26.2. The maximum Gasteiger partial charge on any atom is 0.310 e. The van der Waals surface area contributed by atoms with Crippen molar-refractivity contribution in [2.24, 2.45) is 50.2 Å². The van der Waals surface area contributed by atoms with E-state index in [1.165, 1.54) is 5.57 Å². The first kappa shape index (κ1) is 42.8. The molecular weight excluding hydrogens is 728 g/mol. The van der Waals surface area contributed by atoms with E-state index < -0.39 is 97.5 Å². The van der Waals surface area contributed by atoms with Crippen LogP contribution < -0.4 is 0 Å². The van der Waals surface area contributed by atoms with Crippen molar-refractivity contribution in [3.8, 4) is 0 Å². The van der Waals surface area contributed by atoms with Crippen LogP contribution in [0.3, 0.4) is 0 Å². The fourth-order valence-electron chi connectivity index (χ4n) is 13.7. The molecule has 19 atom stereocenters. The summed E-state index contributed by atoms with van der Waals surface area (Å²) in [6.45, 7) is 12.2. The van der Waals surface area contributed by atoms with Crippen LogP contribution in [0.15, 0.2) is 11.6 Å². The molecule has 0 spiro atoms. The summed E-state index contributed by atoms with van der Waals surface area (Å²) in [6, 6.07) is 0. The van der Waals surface area contributed by atoms with Gasteiger partial charge in [0, 0.05) is 5.41 Å². The number of allylic oxidation sites excluding steroid dienone is 2. The largest absolute Gasteiger partial charge is 0.481 e. The summed E-state index contributed by atoms with van der Waals surface area (Å²) in [5.74, 6) is -0.394. The van der Waals surface area contributed by atoms with Gasteiger partial charge in [-0.15, -0.1) is 0 Å². The first-order valence-electron chi connectivity index (χ1n) is 21.0. The highest BCUT2D eigenvalue weighted by molar-refractivity contribution is 5.76. The van der Waals surface area contributed by atoms with E-state index in [0.717, 1.165) is 44.9 Å². The molecule has 2 saturated heterocycles. The number of carboxylic acid groups (broad SMARTS) is 1. The molecule has 56 heavy (non-hydrogen) atoms. The van der Waals surface area contributed by atoms with Crippen molar-refractivity contribution in [2.75, 3.05) is 19.8 Å². The number of aliphatic carboxylic acids is 1. The van der Waals surface area contributed by atoms with E-state index in [1.54, 1.807) is 0 Å². The standard InChI is InChI=1S/C42H68O14/c1-37(2)13-15-42(36(51)52)16-14-40(5)21(22(42)17-37)7-8-26-38(3)11-10-27(39(4,20-45)25(38)9-12-41(26,40)6)55-35-33(31(49)29(47)24(19-44)54-35)56-34-32(50)30(48)28(46)23(18-43)53-34/h7,22-35,43-50H,8-20H2,1-6H3,(H,51,52)/t22?,23?,24?,25?,26?,27-,28+,29+,30?,31?,32-,33-,34-,35-,38-,39-,40+,41+,42-/m0/s1. The van der Waals surface area contributed by atoms with E-state index >= 15 is 0 Å². The van der Waals surface area contributed by atoms with Gasteiger partial charge in [-0.05, 0) is 104 Å². The lowest BCUT2D eigenvalue weighted by Gasteiger charge is -2.71. The Labute approximate surface area is 330 Å². The summed E-state index contributed by atoms with van der Waals surface area (Å²) in [4.78, 5) is 13.1. The lowest BCUT2D eigenvalue weighted by molar-refractivity contribution is -0.379. The zero-order valence-corrected chi connectivity index (χ0v) is 33.9. The van der Waals surface area contributed by atoms with Gasteiger partial charge in [0.15, 0.2) is 12.6 Å². The summed E-state index contributed by atoms with van der Waals surface area (Å²) in [7, 11) is 0. The van der Waals surface area contributed by atoms with Crippen LogP contribution in [0.1, 0.15) is 106 Å². The maximum absolute atomic E-state index is 13.1. The average Bonchev–Trinajstić information content (AvgIpc) is 3.15. The van der Waals surface area contributed by atoms with Gasteiger partial charge in [0.1, 0.15) is 48.8 Å². The SMILES string of the molecule is CC1(C)CC[C@]2(C(=O)O)CC[C@]3(C)C(=CCC4[C@@]5(C)CC[C@H](O[C@@H]6OC(CO)[C@@H](O)C(O)[C@@H]6O[C@@H]6OC(CO)[C@@H](O)C(O)[C@@H]6O)[C@@](C)(CO)C5CC[C@]43C)C2C1. The van der Waals surface area contributed by atoms with Crippen LogP contribution in [-0.4, -0.2) is 139 Å².